The predicted molar refractivity (Wildman–Crippen MR) is 65.0 cm³/mol. The maximum atomic E-state index is 9.89. The highest BCUT2D eigenvalue weighted by Gasteiger charge is 2.32. The zero-order chi connectivity index (χ0) is 11.4. The fraction of sp³-hybridized carbons (Fsp3) is 1.00. The normalized spacial score (nSPS) is 24.0. The highest BCUT2D eigenvalue weighted by Crippen LogP contribution is 2.40. The van der Waals surface area contributed by atoms with Crippen LogP contribution in [0.15, 0.2) is 0 Å². The van der Waals surface area contributed by atoms with Crippen LogP contribution in [0, 0.1) is 5.41 Å². The summed E-state index contributed by atoms with van der Waals surface area (Å²) in [5.41, 5.74) is -0.00262. The summed E-state index contributed by atoms with van der Waals surface area (Å²) < 4.78 is 0. The average Bonchev–Trinajstić information content (AvgIpc) is 2.67. The lowest BCUT2D eigenvalue weighted by molar-refractivity contribution is 0.0523. The minimum atomic E-state index is -0.534. The molecule has 2 N–H and O–H groups in total. The topological polar surface area (TPSA) is 32.3 Å². The Morgan fingerprint density at radius 1 is 1.27 bits per heavy atom. The fourth-order valence-corrected chi connectivity index (χ4v) is 2.50. The molecule has 1 saturated carbocycles. The minimum Gasteiger partial charge on any atom is -0.389 e. The summed E-state index contributed by atoms with van der Waals surface area (Å²) in [5, 5.41) is 13.4. The van der Waals surface area contributed by atoms with Crippen LogP contribution in [0.2, 0.25) is 0 Å². The standard InChI is InChI=1S/C13H27NO/c1-4-12(3,15)10-14-11-13(5-2)8-6-7-9-13/h14-15H,4-11H2,1-3H3. The monoisotopic (exact) mass is 213 g/mol. The van der Waals surface area contributed by atoms with E-state index in [9.17, 15) is 5.11 Å². The second kappa shape index (κ2) is 5.31. The third-order valence-corrected chi connectivity index (χ3v) is 4.18. The zero-order valence-corrected chi connectivity index (χ0v) is 10.6. The number of hydrogen-bond donors (Lipinski definition) is 2. The Hall–Kier alpha value is -0.0800. The summed E-state index contributed by atoms with van der Waals surface area (Å²) >= 11 is 0. The maximum absolute atomic E-state index is 9.89. The van der Waals surface area contributed by atoms with Gasteiger partial charge in [-0.3, -0.25) is 0 Å². The van der Waals surface area contributed by atoms with Crippen LogP contribution in [0.1, 0.15) is 59.3 Å². The lowest BCUT2D eigenvalue weighted by Crippen LogP contribution is -2.41. The van der Waals surface area contributed by atoms with Gasteiger partial charge in [-0.15, -0.1) is 0 Å². The van der Waals surface area contributed by atoms with Crippen molar-refractivity contribution >= 4 is 0 Å². The molecule has 1 rings (SSSR count). The van der Waals surface area contributed by atoms with Gasteiger partial charge in [-0.25, -0.2) is 0 Å². The summed E-state index contributed by atoms with van der Waals surface area (Å²) in [6.07, 6.45) is 7.60. The van der Waals surface area contributed by atoms with Gasteiger partial charge >= 0.3 is 0 Å². The lowest BCUT2D eigenvalue weighted by atomic mass is 9.83. The van der Waals surface area contributed by atoms with E-state index in [-0.39, 0.29) is 0 Å². The van der Waals surface area contributed by atoms with E-state index in [4.69, 9.17) is 0 Å². The molecule has 0 radical (unpaired) electrons. The molecule has 0 heterocycles. The van der Waals surface area contributed by atoms with Crippen molar-refractivity contribution in [2.24, 2.45) is 5.41 Å². The van der Waals surface area contributed by atoms with Crippen molar-refractivity contribution in [1.29, 1.82) is 0 Å². The number of aliphatic hydroxyl groups is 1. The Morgan fingerprint density at radius 2 is 1.87 bits per heavy atom. The molecule has 0 aromatic carbocycles. The first kappa shape index (κ1) is 13.0. The molecule has 0 amide bonds. The van der Waals surface area contributed by atoms with Crippen LogP contribution in [0.25, 0.3) is 0 Å². The smallest absolute Gasteiger partial charge is 0.0740 e. The summed E-state index contributed by atoms with van der Waals surface area (Å²) in [4.78, 5) is 0. The van der Waals surface area contributed by atoms with Gasteiger partial charge in [-0.2, -0.15) is 0 Å². The molecule has 0 aliphatic heterocycles. The molecule has 15 heavy (non-hydrogen) atoms. The third-order valence-electron chi connectivity index (χ3n) is 4.18. The van der Waals surface area contributed by atoms with Gasteiger partial charge in [0.05, 0.1) is 5.60 Å². The van der Waals surface area contributed by atoms with Crippen LogP contribution < -0.4 is 5.32 Å². The van der Waals surface area contributed by atoms with Crippen molar-refractivity contribution in [3.05, 3.63) is 0 Å². The first-order chi connectivity index (χ1) is 7.04. The van der Waals surface area contributed by atoms with Crippen LogP contribution in [0.4, 0.5) is 0 Å². The zero-order valence-electron chi connectivity index (χ0n) is 10.6. The highest BCUT2D eigenvalue weighted by atomic mass is 16.3. The second-order valence-corrected chi connectivity index (χ2v) is 5.51. The first-order valence-electron chi connectivity index (χ1n) is 6.47. The highest BCUT2D eigenvalue weighted by molar-refractivity contribution is 4.86. The van der Waals surface area contributed by atoms with Crippen molar-refractivity contribution < 1.29 is 5.11 Å². The molecular weight excluding hydrogens is 186 g/mol. The van der Waals surface area contributed by atoms with Gasteiger partial charge < -0.3 is 10.4 Å². The predicted octanol–water partition coefficient (Wildman–Crippen LogP) is 2.71. The Labute approximate surface area is 94.5 Å². The van der Waals surface area contributed by atoms with Gasteiger partial charge in [0.1, 0.15) is 0 Å². The van der Waals surface area contributed by atoms with E-state index in [0.29, 0.717) is 5.41 Å². The van der Waals surface area contributed by atoms with Crippen LogP contribution in [-0.2, 0) is 0 Å². The van der Waals surface area contributed by atoms with Crippen LogP contribution in [0.5, 0.6) is 0 Å². The minimum absolute atomic E-state index is 0.532. The second-order valence-electron chi connectivity index (χ2n) is 5.51. The van der Waals surface area contributed by atoms with Crippen molar-refractivity contribution in [2.75, 3.05) is 13.1 Å². The van der Waals surface area contributed by atoms with Crippen molar-refractivity contribution in [3.63, 3.8) is 0 Å². The van der Waals surface area contributed by atoms with E-state index < -0.39 is 5.60 Å². The average molecular weight is 213 g/mol. The quantitative estimate of drug-likeness (QED) is 0.711. The molecule has 0 aromatic rings. The summed E-state index contributed by atoms with van der Waals surface area (Å²) in [7, 11) is 0. The SMILES string of the molecule is CCC(C)(O)CNCC1(CC)CCCC1. The van der Waals surface area contributed by atoms with Crippen molar-refractivity contribution in [2.45, 2.75) is 64.9 Å². The molecule has 0 spiro atoms. The largest absolute Gasteiger partial charge is 0.389 e. The molecule has 2 heteroatoms. The molecule has 90 valence electrons. The molecule has 2 nitrogen and oxygen atoms in total. The van der Waals surface area contributed by atoms with Gasteiger partial charge in [0.15, 0.2) is 0 Å². The van der Waals surface area contributed by atoms with E-state index in [1.54, 1.807) is 0 Å². The number of hydrogen-bond acceptors (Lipinski definition) is 2. The fourth-order valence-electron chi connectivity index (χ4n) is 2.50. The molecule has 1 aliphatic carbocycles. The Morgan fingerprint density at radius 3 is 2.33 bits per heavy atom. The molecule has 1 atom stereocenters. The molecule has 0 saturated heterocycles. The Kier molecular flexibility index (Phi) is 4.60. The van der Waals surface area contributed by atoms with Crippen LogP contribution >= 0.6 is 0 Å². The van der Waals surface area contributed by atoms with E-state index in [1.165, 1.54) is 32.1 Å². The molecule has 1 unspecified atom stereocenters. The van der Waals surface area contributed by atoms with Gasteiger partial charge in [0, 0.05) is 13.1 Å². The molecule has 0 bridgehead atoms. The summed E-state index contributed by atoms with van der Waals surface area (Å²) in [5.74, 6) is 0. The van der Waals surface area contributed by atoms with Crippen LogP contribution in [0.3, 0.4) is 0 Å². The molecule has 1 fully saturated rings. The van der Waals surface area contributed by atoms with Crippen molar-refractivity contribution in [1.82, 2.24) is 5.32 Å². The van der Waals surface area contributed by atoms with E-state index >= 15 is 0 Å². The molecule has 1 aliphatic rings. The van der Waals surface area contributed by atoms with E-state index in [0.717, 1.165) is 19.5 Å². The van der Waals surface area contributed by atoms with Gasteiger partial charge in [0.25, 0.3) is 0 Å². The van der Waals surface area contributed by atoms with Gasteiger partial charge in [0.2, 0.25) is 0 Å². The Balaban J connectivity index is 2.29. The lowest BCUT2D eigenvalue weighted by Gasteiger charge is -2.30. The summed E-state index contributed by atoms with van der Waals surface area (Å²) in [6.45, 7) is 8.05. The molecule has 0 aromatic heterocycles. The first-order valence-corrected chi connectivity index (χ1v) is 6.47. The van der Waals surface area contributed by atoms with E-state index in [1.807, 2.05) is 13.8 Å². The maximum Gasteiger partial charge on any atom is 0.0740 e. The number of nitrogens with one attached hydrogen (secondary N) is 1. The van der Waals surface area contributed by atoms with Crippen LogP contribution in [-0.4, -0.2) is 23.8 Å². The van der Waals surface area contributed by atoms with E-state index in [2.05, 4.69) is 12.2 Å². The van der Waals surface area contributed by atoms with Gasteiger partial charge in [-0.1, -0.05) is 26.7 Å². The Bertz CT molecular complexity index is 183. The van der Waals surface area contributed by atoms with Crippen molar-refractivity contribution in [3.8, 4) is 0 Å². The third kappa shape index (κ3) is 3.76. The van der Waals surface area contributed by atoms with Gasteiger partial charge in [-0.05, 0) is 38.0 Å². The summed E-state index contributed by atoms with van der Waals surface area (Å²) in [6, 6.07) is 0. The number of rotatable bonds is 6. The molecular formula is C13H27NO.